The highest BCUT2D eigenvalue weighted by molar-refractivity contribution is 5.88. The van der Waals surface area contributed by atoms with Crippen molar-refractivity contribution in [1.29, 1.82) is 0 Å². The average molecular weight is 375 g/mol. The number of hydrogen-bond donors (Lipinski definition) is 1. The molecule has 0 spiro atoms. The molecule has 3 rings (SSSR count). The highest BCUT2D eigenvalue weighted by Crippen LogP contribution is 2.35. The zero-order chi connectivity index (χ0) is 18.0. The van der Waals surface area contributed by atoms with Gasteiger partial charge in [0.1, 0.15) is 5.75 Å². The molecule has 0 radical (unpaired) electrons. The van der Waals surface area contributed by atoms with Gasteiger partial charge in [0.05, 0.1) is 12.5 Å². The van der Waals surface area contributed by atoms with Crippen molar-refractivity contribution in [2.75, 3.05) is 20.2 Å². The summed E-state index contributed by atoms with van der Waals surface area (Å²) >= 11 is 0. The molecule has 2 aromatic rings. The minimum absolute atomic E-state index is 0. The molecule has 0 saturated carbocycles. The minimum Gasteiger partial charge on any atom is -0.496 e. The second-order valence-electron chi connectivity index (χ2n) is 7.22. The maximum absolute atomic E-state index is 13.3. The molecule has 4 nitrogen and oxygen atoms in total. The predicted molar refractivity (Wildman–Crippen MR) is 107 cm³/mol. The number of likely N-dealkylation sites (tertiary alicyclic amines) is 1. The minimum atomic E-state index is -0.669. The van der Waals surface area contributed by atoms with Crippen LogP contribution in [0.5, 0.6) is 5.75 Å². The summed E-state index contributed by atoms with van der Waals surface area (Å²) in [5.74, 6) is 1.01. The monoisotopic (exact) mass is 374 g/mol. The van der Waals surface area contributed by atoms with Crippen LogP contribution >= 0.6 is 12.4 Å². The van der Waals surface area contributed by atoms with Crippen LogP contribution in [-0.4, -0.2) is 37.0 Å². The van der Waals surface area contributed by atoms with E-state index in [1.54, 1.807) is 7.11 Å². The van der Waals surface area contributed by atoms with Gasteiger partial charge in [-0.25, -0.2) is 0 Å². The number of rotatable bonds is 4. The first-order chi connectivity index (χ1) is 11.9. The van der Waals surface area contributed by atoms with Crippen molar-refractivity contribution >= 4 is 18.3 Å². The lowest BCUT2D eigenvalue weighted by Gasteiger charge is -2.31. The number of nitrogens with two attached hydrogens (primary N) is 1. The fourth-order valence-corrected chi connectivity index (χ4v) is 3.72. The van der Waals surface area contributed by atoms with Gasteiger partial charge in [-0.15, -0.1) is 12.4 Å². The van der Waals surface area contributed by atoms with Gasteiger partial charge in [0, 0.05) is 30.6 Å². The first kappa shape index (κ1) is 20.3. The molecule has 0 aliphatic carbocycles. The summed E-state index contributed by atoms with van der Waals surface area (Å²) in [4.78, 5) is 15.2. The van der Waals surface area contributed by atoms with Crippen LogP contribution in [0.3, 0.4) is 0 Å². The van der Waals surface area contributed by atoms with Gasteiger partial charge in [-0.2, -0.15) is 0 Å². The van der Waals surface area contributed by atoms with Crippen molar-refractivity contribution in [2.24, 2.45) is 5.73 Å². The van der Waals surface area contributed by atoms with Crippen LogP contribution < -0.4 is 10.5 Å². The second-order valence-corrected chi connectivity index (χ2v) is 7.22. The lowest BCUT2D eigenvalue weighted by atomic mass is 9.82. The quantitative estimate of drug-likeness (QED) is 0.892. The molecule has 1 amide bonds. The first-order valence-corrected chi connectivity index (χ1v) is 8.68. The summed E-state index contributed by atoms with van der Waals surface area (Å²) in [7, 11) is 1.64. The smallest absolute Gasteiger partial charge is 0.232 e. The van der Waals surface area contributed by atoms with E-state index in [4.69, 9.17) is 10.5 Å². The van der Waals surface area contributed by atoms with Crippen molar-refractivity contribution in [1.82, 2.24) is 4.90 Å². The van der Waals surface area contributed by atoms with E-state index < -0.39 is 5.41 Å². The standard InChI is InChI=1S/C21H26N2O2.ClH/c1-21(2,17-11-7-8-12-19(17)25-3)20(24)23-13-16(18(22)14-23)15-9-5-4-6-10-15;/h4-12,16,18H,13-14,22H2,1-3H3;1H/t16-,18+;/m0./s1. The Balaban J connectivity index is 0.00000243. The number of halogens is 1. The van der Waals surface area contributed by atoms with E-state index in [0.717, 1.165) is 11.3 Å². The second kappa shape index (κ2) is 8.11. The molecular weight excluding hydrogens is 348 g/mol. The Morgan fingerprint density at radius 2 is 1.69 bits per heavy atom. The van der Waals surface area contributed by atoms with Crippen molar-refractivity contribution in [3.8, 4) is 5.75 Å². The van der Waals surface area contributed by atoms with Crippen LogP contribution in [0.25, 0.3) is 0 Å². The van der Waals surface area contributed by atoms with Crippen LogP contribution in [0.1, 0.15) is 30.9 Å². The summed E-state index contributed by atoms with van der Waals surface area (Å²) in [6.45, 7) is 5.14. The van der Waals surface area contributed by atoms with Gasteiger partial charge in [-0.05, 0) is 25.5 Å². The molecule has 0 unspecified atom stereocenters. The maximum Gasteiger partial charge on any atom is 0.232 e. The number of amides is 1. The number of carbonyl (C=O) groups is 1. The number of nitrogens with zero attached hydrogens (tertiary/aromatic N) is 1. The van der Waals surface area contributed by atoms with E-state index >= 15 is 0 Å². The van der Waals surface area contributed by atoms with Gasteiger partial charge in [0.2, 0.25) is 5.91 Å². The molecule has 1 saturated heterocycles. The topological polar surface area (TPSA) is 55.6 Å². The summed E-state index contributed by atoms with van der Waals surface area (Å²) in [5.41, 5.74) is 7.79. The molecule has 1 heterocycles. The van der Waals surface area contributed by atoms with Crippen molar-refractivity contribution in [3.05, 3.63) is 65.7 Å². The normalized spacial score (nSPS) is 19.8. The fraction of sp³-hybridized carbons (Fsp3) is 0.381. The zero-order valence-corrected chi connectivity index (χ0v) is 16.3. The third kappa shape index (κ3) is 3.71. The fourth-order valence-electron chi connectivity index (χ4n) is 3.72. The van der Waals surface area contributed by atoms with Crippen LogP contribution in [0.15, 0.2) is 54.6 Å². The van der Waals surface area contributed by atoms with Gasteiger partial charge >= 0.3 is 0 Å². The summed E-state index contributed by atoms with van der Waals surface area (Å²) < 4.78 is 5.46. The number of ether oxygens (including phenoxy) is 1. The van der Waals surface area contributed by atoms with Crippen LogP contribution in [0.4, 0.5) is 0 Å². The Labute approximate surface area is 161 Å². The van der Waals surface area contributed by atoms with Gasteiger partial charge < -0.3 is 15.4 Å². The van der Waals surface area contributed by atoms with Gasteiger partial charge in [-0.3, -0.25) is 4.79 Å². The Hall–Kier alpha value is -2.04. The molecule has 140 valence electrons. The van der Waals surface area contributed by atoms with Crippen LogP contribution in [0.2, 0.25) is 0 Å². The molecule has 2 N–H and O–H groups in total. The molecule has 1 aliphatic rings. The lowest BCUT2D eigenvalue weighted by molar-refractivity contribution is -0.135. The molecule has 2 atom stereocenters. The average Bonchev–Trinajstić information content (AvgIpc) is 3.03. The Morgan fingerprint density at radius 1 is 1.08 bits per heavy atom. The lowest BCUT2D eigenvalue weighted by Crippen LogP contribution is -2.43. The SMILES string of the molecule is COc1ccccc1C(C)(C)C(=O)N1C[C@@H](N)[C@H](c2ccccc2)C1.Cl. The third-order valence-corrected chi connectivity index (χ3v) is 5.20. The zero-order valence-electron chi connectivity index (χ0n) is 15.5. The summed E-state index contributed by atoms with van der Waals surface area (Å²) in [6, 6.07) is 17.9. The molecule has 0 bridgehead atoms. The molecule has 5 heteroatoms. The van der Waals surface area contributed by atoms with Crippen LogP contribution in [0, 0.1) is 0 Å². The number of methoxy groups -OCH3 is 1. The Kier molecular flexibility index (Phi) is 6.32. The Morgan fingerprint density at radius 3 is 2.35 bits per heavy atom. The number of carbonyl (C=O) groups excluding carboxylic acids is 1. The Bertz CT molecular complexity index is 749. The van der Waals surface area contributed by atoms with E-state index in [-0.39, 0.29) is 30.3 Å². The molecule has 0 aromatic heterocycles. The summed E-state index contributed by atoms with van der Waals surface area (Å²) in [5, 5.41) is 0. The number of para-hydroxylation sites is 1. The van der Waals surface area contributed by atoms with E-state index in [0.29, 0.717) is 13.1 Å². The van der Waals surface area contributed by atoms with E-state index in [2.05, 4.69) is 12.1 Å². The summed E-state index contributed by atoms with van der Waals surface area (Å²) in [6.07, 6.45) is 0. The first-order valence-electron chi connectivity index (χ1n) is 8.68. The van der Waals surface area contributed by atoms with Crippen molar-refractivity contribution < 1.29 is 9.53 Å². The third-order valence-electron chi connectivity index (χ3n) is 5.20. The largest absolute Gasteiger partial charge is 0.496 e. The molecular formula is C21H27ClN2O2. The van der Waals surface area contributed by atoms with Gasteiger partial charge in [-0.1, -0.05) is 48.5 Å². The molecule has 26 heavy (non-hydrogen) atoms. The van der Waals surface area contributed by atoms with Crippen molar-refractivity contribution in [3.63, 3.8) is 0 Å². The van der Waals surface area contributed by atoms with E-state index in [1.807, 2.05) is 61.2 Å². The van der Waals surface area contributed by atoms with Crippen LogP contribution in [-0.2, 0) is 10.2 Å². The van der Waals surface area contributed by atoms with E-state index in [1.165, 1.54) is 5.56 Å². The van der Waals surface area contributed by atoms with E-state index in [9.17, 15) is 4.79 Å². The highest BCUT2D eigenvalue weighted by atomic mass is 35.5. The number of hydrogen-bond acceptors (Lipinski definition) is 3. The van der Waals surface area contributed by atoms with Crippen molar-refractivity contribution in [2.45, 2.75) is 31.2 Å². The molecule has 2 aromatic carbocycles. The van der Waals surface area contributed by atoms with Gasteiger partial charge in [0.25, 0.3) is 0 Å². The molecule has 1 fully saturated rings. The van der Waals surface area contributed by atoms with Gasteiger partial charge in [0.15, 0.2) is 0 Å². The number of benzene rings is 2. The molecule has 1 aliphatic heterocycles. The maximum atomic E-state index is 13.3. The predicted octanol–water partition coefficient (Wildman–Crippen LogP) is 3.35. The highest BCUT2D eigenvalue weighted by Gasteiger charge is 2.41.